The smallest absolute Gasteiger partial charge is 0.228 e. The van der Waals surface area contributed by atoms with Gasteiger partial charge in [-0.3, -0.25) is 4.79 Å². The Morgan fingerprint density at radius 1 is 1.00 bits per heavy atom. The van der Waals surface area contributed by atoms with E-state index in [0.29, 0.717) is 11.8 Å². The summed E-state index contributed by atoms with van der Waals surface area (Å²) < 4.78 is 5.82. The molecule has 4 atom stereocenters. The predicted octanol–water partition coefficient (Wildman–Crippen LogP) is 5.22. The normalized spacial score (nSPS) is 29.2. The molecule has 0 bridgehead atoms. The molecule has 3 heterocycles. The average Bonchev–Trinajstić information content (AvgIpc) is 3.53. The molecule has 4 nitrogen and oxygen atoms in total. The van der Waals surface area contributed by atoms with E-state index in [1.807, 2.05) is 6.26 Å². The highest BCUT2D eigenvalue weighted by Gasteiger charge is 2.52. The lowest BCUT2D eigenvalue weighted by molar-refractivity contribution is -0.141. The van der Waals surface area contributed by atoms with E-state index >= 15 is 0 Å². The molecule has 6 rings (SSSR count). The van der Waals surface area contributed by atoms with Crippen LogP contribution in [0.15, 0.2) is 77.4 Å². The summed E-state index contributed by atoms with van der Waals surface area (Å²) in [4.78, 5) is 16.5. The van der Waals surface area contributed by atoms with Crippen molar-refractivity contribution in [2.24, 2.45) is 5.92 Å². The fourth-order valence-electron chi connectivity index (χ4n) is 6.75. The Balaban J connectivity index is 1.33. The van der Waals surface area contributed by atoms with Crippen molar-refractivity contribution in [3.8, 4) is 0 Å². The van der Waals surface area contributed by atoms with E-state index in [4.69, 9.17) is 4.42 Å². The van der Waals surface area contributed by atoms with Gasteiger partial charge in [0.1, 0.15) is 5.76 Å². The Labute approximate surface area is 196 Å². The first-order chi connectivity index (χ1) is 16.3. The number of nitrogens with zero attached hydrogens (tertiary/aromatic N) is 1. The van der Waals surface area contributed by atoms with Gasteiger partial charge in [-0.15, -0.1) is 0 Å². The van der Waals surface area contributed by atoms with Crippen LogP contribution in [0.2, 0.25) is 0 Å². The fraction of sp³-hybridized carbons (Fsp3) is 0.414. The van der Waals surface area contributed by atoms with Gasteiger partial charge in [0.15, 0.2) is 0 Å². The number of hydrogen-bond donors (Lipinski definition) is 1. The van der Waals surface area contributed by atoms with Crippen LogP contribution in [0, 0.1) is 5.92 Å². The molecule has 1 spiro atoms. The first-order valence-electron chi connectivity index (χ1n) is 12.4. The third-order valence-corrected chi connectivity index (χ3v) is 8.40. The number of benzene rings is 2. The molecular weight excluding hydrogens is 408 g/mol. The minimum atomic E-state index is -0.130. The van der Waals surface area contributed by atoms with Gasteiger partial charge in [-0.2, -0.15) is 0 Å². The van der Waals surface area contributed by atoms with Crippen LogP contribution in [0.5, 0.6) is 0 Å². The number of fused-ring (bicyclic) bond motifs is 2. The molecule has 3 aliphatic rings. The van der Waals surface area contributed by atoms with Crippen LogP contribution in [-0.2, 0) is 16.6 Å². The van der Waals surface area contributed by atoms with Crippen molar-refractivity contribution < 1.29 is 9.21 Å². The molecule has 1 N–H and O–H groups in total. The van der Waals surface area contributed by atoms with Crippen molar-refractivity contribution >= 4 is 5.91 Å². The van der Waals surface area contributed by atoms with Gasteiger partial charge in [-0.05, 0) is 48.8 Å². The highest BCUT2D eigenvalue weighted by atomic mass is 16.3. The van der Waals surface area contributed by atoms with Gasteiger partial charge in [0.05, 0.1) is 18.2 Å². The summed E-state index contributed by atoms with van der Waals surface area (Å²) in [6.45, 7) is 2.43. The number of carbonyl (C=O) groups excluding carboxylic acids is 1. The first-order valence-corrected chi connectivity index (χ1v) is 12.4. The lowest BCUT2D eigenvalue weighted by Crippen LogP contribution is -2.50. The highest BCUT2D eigenvalue weighted by Crippen LogP contribution is 2.48. The Bertz CT molecular complexity index is 1110. The Kier molecular flexibility index (Phi) is 5.34. The number of likely N-dealkylation sites (tertiary alicyclic amines) is 1. The second-order valence-corrected chi connectivity index (χ2v) is 10.0. The van der Waals surface area contributed by atoms with Crippen LogP contribution in [-0.4, -0.2) is 30.4 Å². The zero-order valence-corrected chi connectivity index (χ0v) is 19.1. The summed E-state index contributed by atoms with van der Waals surface area (Å²) in [6.07, 6.45) is 6.94. The summed E-state index contributed by atoms with van der Waals surface area (Å²) in [5, 5.41) is 3.58. The average molecular weight is 441 g/mol. The number of piperidine rings is 1. The standard InChI is InChI=1S/C29H32N2O2/c32-28(25-19-30-20-29(25)15-7-12-27-24(29)14-17-33-27)31-16-13-23(21-8-3-1-4-9-21)18-26(31)22-10-5-2-6-11-22/h1-6,8-11,14,17,23,25-26,30H,7,12-13,15-16,18-20H2/t23-,25+,26+,29+/m1/s1. The van der Waals surface area contributed by atoms with Crippen LogP contribution in [0.3, 0.4) is 0 Å². The van der Waals surface area contributed by atoms with Crippen molar-refractivity contribution in [3.63, 3.8) is 0 Å². The molecule has 33 heavy (non-hydrogen) atoms. The maximum Gasteiger partial charge on any atom is 0.228 e. The van der Waals surface area contributed by atoms with Crippen LogP contribution in [0.25, 0.3) is 0 Å². The maximum atomic E-state index is 14.3. The monoisotopic (exact) mass is 440 g/mol. The number of rotatable bonds is 3. The van der Waals surface area contributed by atoms with E-state index in [2.05, 4.69) is 76.9 Å². The van der Waals surface area contributed by atoms with Gasteiger partial charge in [-0.25, -0.2) is 0 Å². The lowest BCUT2D eigenvalue weighted by atomic mass is 9.65. The van der Waals surface area contributed by atoms with E-state index in [-0.39, 0.29) is 17.4 Å². The van der Waals surface area contributed by atoms with E-state index in [9.17, 15) is 4.79 Å². The molecule has 0 saturated carbocycles. The van der Waals surface area contributed by atoms with Crippen molar-refractivity contribution in [2.75, 3.05) is 19.6 Å². The maximum absolute atomic E-state index is 14.3. The van der Waals surface area contributed by atoms with Crippen molar-refractivity contribution in [3.05, 3.63) is 95.4 Å². The quantitative estimate of drug-likeness (QED) is 0.607. The second kappa shape index (κ2) is 8.49. The number of furan rings is 1. The van der Waals surface area contributed by atoms with Crippen molar-refractivity contribution in [1.82, 2.24) is 10.2 Å². The Hall–Kier alpha value is -2.85. The summed E-state index contributed by atoms with van der Waals surface area (Å²) in [5.41, 5.74) is 3.78. The van der Waals surface area contributed by atoms with Crippen LogP contribution in [0.1, 0.15) is 60.1 Å². The fourth-order valence-corrected chi connectivity index (χ4v) is 6.75. The predicted molar refractivity (Wildman–Crippen MR) is 129 cm³/mol. The molecule has 0 radical (unpaired) electrons. The largest absolute Gasteiger partial charge is 0.469 e. The summed E-state index contributed by atoms with van der Waals surface area (Å²) >= 11 is 0. The van der Waals surface area contributed by atoms with E-state index < -0.39 is 0 Å². The second-order valence-electron chi connectivity index (χ2n) is 10.0. The topological polar surface area (TPSA) is 45.5 Å². The molecule has 1 aromatic heterocycles. The molecule has 1 amide bonds. The van der Waals surface area contributed by atoms with Crippen LogP contribution < -0.4 is 5.32 Å². The van der Waals surface area contributed by atoms with Gasteiger partial charge < -0.3 is 14.6 Å². The van der Waals surface area contributed by atoms with E-state index in [0.717, 1.165) is 57.5 Å². The first kappa shape index (κ1) is 20.7. The van der Waals surface area contributed by atoms with Gasteiger partial charge in [0, 0.05) is 37.0 Å². The molecule has 2 aromatic carbocycles. The molecule has 3 aromatic rings. The van der Waals surface area contributed by atoms with Gasteiger partial charge in [-0.1, -0.05) is 60.7 Å². The number of carbonyl (C=O) groups is 1. The third-order valence-electron chi connectivity index (χ3n) is 8.40. The molecular formula is C29H32N2O2. The Morgan fingerprint density at radius 3 is 2.55 bits per heavy atom. The Morgan fingerprint density at radius 2 is 1.76 bits per heavy atom. The molecule has 2 saturated heterocycles. The van der Waals surface area contributed by atoms with E-state index in [1.165, 1.54) is 16.7 Å². The third kappa shape index (κ3) is 3.52. The highest BCUT2D eigenvalue weighted by molar-refractivity contribution is 5.82. The SMILES string of the molecule is O=C([C@@H]1CNC[C@]12CCCc1occc12)N1CC[C@@H](c2ccccc2)C[C@H]1c1ccccc1. The zero-order valence-electron chi connectivity index (χ0n) is 19.1. The number of amides is 1. The van der Waals surface area contributed by atoms with Crippen LogP contribution in [0.4, 0.5) is 0 Å². The molecule has 2 aliphatic heterocycles. The lowest BCUT2D eigenvalue weighted by Gasteiger charge is -2.44. The molecule has 4 heteroatoms. The number of hydrogen-bond acceptors (Lipinski definition) is 3. The van der Waals surface area contributed by atoms with Crippen molar-refractivity contribution in [1.29, 1.82) is 0 Å². The minimum absolute atomic E-state index is 0.0337. The van der Waals surface area contributed by atoms with Gasteiger partial charge in [0.2, 0.25) is 5.91 Å². The number of nitrogens with one attached hydrogen (secondary N) is 1. The molecule has 0 unspecified atom stereocenters. The molecule has 2 fully saturated rings. The molecule has 1 aliphatic carbocycles. The minimum Gasteiger partial charge on any atom is -0.469 e. The summed E-state index contributed by atoms with van der Waals surface area (Å²) in [7, 11) is 0. The van der Waals surface area contributed by atoms with Crippen molar-refractivity contribution in [2.45, 2.75) is 49.5 Å². The zero-order chi connectivity index (χ0) is 22.3. The molecule has 170 valence electrons. The van der Waals surface area contributed by atoms with E-state index in [1.54, 1.807) is 0 Å². The number of aryl methyl sites for hydroxylation is 1. The summed E-state index contributed by atoms with van der Waals surface area (Å²) in [6, 6.07) is 23.7. The summed E-state index contributed by atoms with van der Waals surface area (Å²) in [5.74, 6) is 1.85. The van der Waals surface area contributed by atoms with Gasteiger partial charge >= 0.3 is 0 Å². The van der Waals surface area contributed by atoms with Crippen LogP contribution >= 0.6 is 0 Å². The van der Waals surface area contributed by atoms with Gasteiger partial charge in [0.25, 0.3) is 0 Å².